The average molecular weight is 197 g/mol. The fraction of sp³-hybridized carbons (Fsp3) is 0.750. The van der Waals surface area contributed by atoms with Gasteiger partial charge < -0.3 is 5.32 Å². The molecule has 0 aliphatic carbocycles. The predicted octanol–water partition coefficient (Wildman–Crippen LogP) is 3.04. The second-order valence-electron chi connectivity index (χ2n) is 3.69. The molecule has 1 amide bonds. The summed E-state index contributed by atoms with van der Waals surface area (Å²) in [6.45, 7) is 7.88. The number of carbonyl (C=O) groups is 1. The van der Waals surface area contributed by atoms with Gasteiger partial charge in [0.2, 0.25) is 5.91 Å². The molecule has 14 heavy (non-hydrogen) atoms. The summed E-state index contributed by atoms with van der Waals surface area (Å²) in [4.78, 5) is 11.3. The fourth-order valence-electron chi connectivity index (χ4n) is 1.51. The van der Waals surface area contributed by atoms with Crippen molar-refractivity contribution in [3.63, 3.8) is 0 Å². The summed E-state index contributed by atoms with van der Waals surface area (Å²) < 4.78 is 0. The lowest BCUT2D eigenvalue weighted by Gasteiger charge is -2.17. The number of nitrogens with one attached hydrogen (secondary N) is 1. The minimum Gasteiger partial charge on any atom is -0.353 e. The molecule has 2 heteroatoms. The van der Waals surface area contributed by atoms with Crippen LogP contribution in [-0.4, -0.2) is 11.9 Å². The normalized spacial score (nSPS) is 12.1. The summed E-state index contributed by atoms with van der Waals surface area (Å²) in [7, 11) is 0. The molecule has 0 aromatic carbocycles. The van der Waals surface area contributed by atoms with Crippen molar-refractivity contribution in [2.24, 2.45) is 0 Å². The molecule has 0 aliphatic heterocycles. The van der Waals surface area contributed by atoms with Crippen molar-refractivity contribution in [1.82, 2.24) is 5.32 Å². The molecule has 0 rings (SSSR count). The molecule has 1 atom stereocenters. The van der Waals surface area contributed by atoms with Crippen LogP contribution in [0.1, 0.15) is 52.4 Å². The monoisotopic (exact) mass is 197 g/mol. The summed E-state index contributed by atoms with van der Waals surface area (Å²) in [5.41, 5.74) is 0. The lowest BCUT2D eigenvalue weighted by Crippen LogP contribution is -2.34. The van der Waals surface area contributed by atoms with Crippen LogP contribution in [0.5, 0.6) is 0 Å². The lowest BCUT2D eigenvalue weighted by molar-refractivity contribution is -0.121. The minimum absolute atomic E-state index is 0.106. The number of amides is 1. The molecular weight excluding hydrogens is 174 g/mol. The molecule has 0 radical (unpaired) electrons. The van der Waals surface area contributed by atoms with Gasteiger partial charge in [0.25, 0.3) is 0 Å². The van der Waals surface area contributed by atoms with Crippen LogP contribution in [0, 0.1) is 0 Å². The van der Waals surface area contributed by atoms with E-state index < -0.39 is 0 Å². The first-order valence-corrected chi connectivity index (χ1v) is 5.64. The van der Waals surface area contributed by atoms with Crippen molar-refractivity contribution in [1.29, 1.82) is 0 Å². The summed E-state index contributed by atoms with van der Waals surface area (Å²) in [5, 5.41) is 3.04. The summed E-state index contributed by atoms with van der Waals surface area (Å²) in [6.07, 6.45) is 7.79. The van der Waals surface area contributed by atoms with Crippen LogP contribution < -0.4 is 5.32 Å². The zero-order chi connectivity index (χ0) is 10.8. The Labute approximate surface area is 87.8 Å². The Bertz CT molecular complexity index is 166. The quantitative estimate of drug-likeness (QED) is 0.595. The average Bonchev–Trinajstić information content (AvgIpc) is 2.15. The maximum absolute atomic E-state index is 11.3. The largest absolute Gasteiger partial charge is 0.353 e. The molecule has 0 aromatic heterocycles. The Kier molecular flexibility index (Phi) is 8.30. The smallest absolute Gasteiger partial charge is 0.224 e. The lowest BCUT2D eigenvalue weighted by atomic mass is 10.1. The number of rotatable bonds is 8. The Morgan fingerprint density at radius 3 is 2.57 bits per heavy atom. The number of carbonyl (C=O) groups excluding carboxylic acids is 1. The van der Waals surface area contributed by atoms with Crippen LogP contribution in [0.15, 0.2) is 12.7 Å². The van der Waals surface area contributed by atoms with Crippen molar-refractivity contribution in [3.05, 3.63) is 12.7 Å². The topological polar surface area (TPSA) is 29.1 Å². The van der Waals surface area contributed by atoms with E-state index in [1.54, 1.807) is 6.08 Å². The van der Waals surface area contributed by atoms with Gasteiger partial charge in [0.1, 0.15) is 0 Å². The second-order valence-corrected chi connectivity index (χ2v) is 3.69. The van der Waals surface area contributed by atoms with Gasteiger partial charge in [-0.25, -0.2) is 0 Å². The van der Waals surface area contributed by atoms with Gasteiger partial charge in [-0.2, -0.15) is 0 Å². The Balaban J connectivity index is 3.81. The zero-order valence-electron chi connectivity index (χ0n) is 9.51. The van der Waals surface area contributed by atoms with Gasteiger partial charge in [-0.3, -0.25) is 4.79 Å². The van der Waals surface area contributed by atoms with Gasteiger partial charge >= 0.3 is 0 Å². The van der Waals surface area contributed by atoms with E-state index in [0.717, 1.165) is 19.3 Å². The SMILES string of the molecule is C=CCC(=O)NC(CCC)CCCC. The fourth-order valence-corrected chi connectivity index (χ4v) is 1.51. The van der Waals surface area contributed by atoms with Crippen LogP contribution >= 0.6 is 0 Å². The Hall–Kier alpha value is -0.790. The Morgan fingerprint density at radius 2 is 2.07 bits per heavy atom. The minimum atomic E-state index is 0.106. The molecule has 0 saturated heterocycles. The molecule has 1 unspecified atom stereocenters. The number of unbranched alkanes of at least 4 members (excludes halogenated alkanes) is 1. The predicted molar refractivity (Wildman–Crippen MR) is 61.2 cm³/mol. The highest BCUT2D eigenvalue weighted by Crippen LogP contribution is 2.06. The molecule has 0 heterocycles. The standard InChI is InChI=1S/C12H23NO/c1-4-7-10-11(8-5-2)13-12(14)9-6-3/h6,11H,3-5,7-10H2,1-2H3,(H,13,14). The highest BCUT2D eigenvalue weighted by Gasteiger charge is 2.09. The van der Waals surface area contributed by atoms with E-state index in [1.807, 2.05) is 0 Å². The van der Waals surface area contributed by atoms with E-state index in [1.165, 1.54) is 12.8 Å². The zero-order valence-corrected chi connectivity index (χ0v) is 9.51. The second kappa shape index (κ2) is 8.79. The van der Waals surface area contributed by atoms with Crippen LogP contribution in [0.4, 0.5) is 0 Å². The van der Waals surface area contributed by atoms with Crippen LogP contribution in [0.3, 0.4) is 0 Å². The van der Waals surface area contributed by atoms with E-state index in [4.69, 9.17) is 0 Å². The van der Waals surface area contributed by atoms with Gasteiger partial charge in [-0.15, -0.1) is 6.58 Å². The molecule has 0 fully saturated rings. The molecule has 0 aliphatic rings. The van der Waals surface area contributed by atoms with Crippen molar-refractivity contribution < 1.29 is 4.79 Å². The van der Waals surface area contributed by atoms with Crippen LogP contribution in [-0.2, 0) is 4.79 Å². The third kappa shape index (κ3) is 6.70. The molecular formula is C12H23NO. The van der Waals surface area contributed by atoms with Gasteiger partial charge in [0.05, 0.1) is 0 Å². The molecule has 0 spiro atoms. The van der Waals surface area contributed by atoms with Crippen molar-refractivity contribution in [3.8, 4) is 0 Å². The van der Waals surface area contributed by atoms with Gasteiger partial charge in [0.15, 0.2) is 0 Å². The first kappa shape index (κ1) is 13.2. The summed E-state index contributed by atoms with van der Waals surface area (Å²) in [6, 6.07) is 0.368. The Morgan fingerprint density at radius 1 is 1.36 bits per heavy atom. The maximum Gasteiger partial charge on any atom is 0.224 e. The molecule has 2 nitrogen and oxygen atoms in total. The van der Waals surface area contributed by atoms with Gasteiger partial charge in [-0.1, -0.05) is 39.2 Å². The van der Waals surface area contributed by atoms with E-state index in [2.05, 4.69) is 25.7 Å². The highest BCUT2D eigenvalue weighted by atomic mass is 16.1. The first-order chi connectivity index (χ1) is 6.74. The van der Waals surface area contributed by atoms with E-state index >= 15 is 0 Å². The van der Waals surface area contributed by atoms with Crippen molar-refractivity contribution >= 4 is 5.91 Å². The van der Waals surface area contributed by atoms with E-state index in [0.29, 0.717) is 12.5 Å². The summed E-state index contributed by atoms with van der Waals surface area (Å²) >= 11 is 0. The third-order valence-corrected chi connectivity index (χ3v) is 2.24. The van der Waals surface area contributed by atoms with E-state index in [9.17, 15) is 4.79 Å². The van der Waals surface area contributed by atoms with Gasteiger partial charge in [0, 0.05) is 12.5 Å². The van der Waals surface area contributed by atoms with E-state index in [-0.39, 0.29) is 5.91 Å². The van der Waals surface area contributed by atoms with Gasteiger partial charge in [-0.05, 0) is 12.8 Å². The van der Waals surface area contributed by atoms with Crippen LogP contribution in [0.25, 0.3) is 0 Å². The molecule has 0 aromatic rings. The molecule has 1 N–H and O–H groups in total. The first-order valence-electron chi connectivity index (χ1n) is 5.64. The number of hydrogen-bond acceptors (Lipinski definition) is 1. The maximum atomic E-state index is 11.3. The van der Waals surface area contributed by atoms with Crippen molar-refractivity contribution in [2.75, 3.05) is 0 Å². The highest BCUT2D eigenvalue weighted by molar-refractivity contribution is 5.77. The molecule has 0 bridgehead atoms. The molecule has 0 saturated carbocycles. The molecule has 82 valence electrons. The number of hydrogen-bond donors (Lipinski definition) is 1. The third-order valence-electron chi connectivity index (χ3n) is 2.24. The summed E-state index contributed by atoms with van der Waals surface area (Å²) in [5.74, 6) is 0.106. The van der Waals surface area contributed by atoms with Crippen molar-refractivity contribution in [2.45, 2.75) is 58.4 Å². The van der Waals surface area contributed by atoms with Crippen LogP contribution in [0.2, 0.25) is 0 Å².